The third-order valence-corrected chi connectivity index (χ3v) is 2.62. The topological polar surface area (TPSA) is 116 Å². The molecule has 0 radical (unpaired) electrons. The normalized spacial score (nSPS) is 9.83. The van der Waals surface area contributed by atoms with Crippen LogP contribution >= 0.6 is 22.6 Å². The molecule has 160 valence electrons. The van der Waals surface area contributed by atoms with E-state index in [0.717, 1.165) is 34.3 Å². The molecule has 0 atom stereocenters. The zero-order valence-electron chi connectivity index (χ0n) is 16.1. The molecule has 0 aromatic heterocycles. The zero-order valence-corrected chi connectivity index (χ0v) is 18.3. The second kappa shape index (κ2) is 12.8. The fourth-order valence-electron chi connectivity index (χ4n) is 1.64. The maximum atomic E-state index is 12.8. The molecule has 2 aromatic carbocycles. The summed E-state index contributed by atoms with van der Waals surface area (Å²) in [6.45, 7) is 7.74. The molecule has 0 saturated heterocycles. The van der Waals surface area contributed by atoms with Gasteiger partial charge in [-0.05, 0) is 26.0 Å². The molecule has 0 aliphatic carbocycles. The standard InChI is InChI=1S/C9H10FNO3.C6H4FNO3.C3H7I/c1-6(2)14-9-5-7(10)3-4-8(9)11(12)13;7-4-1-2-5(8(10)11)6(9)3-4;1-3(2)4/h3-6H,1-2H3;1-3,9H;3H,1-2H3. The van der Waals surface area contributed by atoms with Gasteiger partial charge in [0, 0.05) is 28.2 Å². The van der Waals surface area contributed by atoms with E-state index in [-0.39, 0.29) is 17.5 Å². The summed E-state index contributed by atoms with van der Waals surface area (Å²) < 4.78 is 30.9. The fourth-order valence-corrected chi connectivity index (χ4v) is 1.64. The third kappa shape index (κ3) is 11.1. The lowest BCUT2D eigenvalue weighted by Crippen LogP contribution is -2.07. The number of hydrogen-bond donors (Lipinski definition) is 1. The minimum atomic E-state index is -0.783. The molecule has 0 bridgehead atoms. The van der Waals surface area contributed by atoms with E-state index >= 15 is 0 Å². The Hall–Kier alpha value is -2.57. The largest absolute Gasteiger partial charge is 0.502 e. The highest BCUT2D eigenvalue weighted by molar-refractivity contribution is 14.1. The summed E-state index contributed by atoms with van der Waals surface area (Å²) in [6.07, 6.45) is -0.226. The lowest BCUT2D eigenvalue weighted by Gasteiger charge is -2.09. The van der Waals surface area contributed by atoms with Crippen LogP contribution < -0.4 is 4.74 Å². The molecular formula is C18H21F2IN2O6. The van der Waals surface area contributed by atoms with Crippen molar-refractivity contribution in [2.24, 2.45) is 0 Å². The number of ether oxygens (including phenoxy) is 1. The van der Waals surface area contributed by atoms with Crippen LogP contribution in [0.1, 0.15) is 27.7 Å². The quantitative estimate of drug-likeness (QED) is 0.233. The van der Waals surface area contributed by atoms with Gasteiger partial charge in [-0.3, -0.25) is 20.2 Å². The molecule has 0 saturated carbocycles. The van der Waals surface area contributed by atoms with Crippen LogP contribution in [-0.2, 0) is 0 Å². The van der Waals surface area contributed by atoms with Crippen molar-refractivity contribution in [2.75, 3.05) is 0 Å². The van der Waals surface area contributed by atoms with Crippen LogP contribution in [-0.4, -0.2) is 25.0 Å². The van der Waals surface area contributed by atoms with Crippen molar-refractivity contribution < 1.29 is 28.5 Å². The molecular weight excluding hydrogens is 505 g/mol. The van der Waals surface area contributed by atoms with Crippen LogP contribution in [0.3, 0.4) is 0 Å². The van der Waals surface area contributed by atoms with Gasteiger partial charge >= 0.3 is 11.4 Å². The maximum absolute atomic E-state index is 12.8. The van der Waals surface area contributed by atoms with Crippen molar-refractivity contribution in [3.8, 4) is 11.5 Å². The Morgan fingerprint density at radius 2 is 1.34 bits per heavy atom. The number of halogens is 3. The van der Waals surface area contributed by atoms with E-state index in [1.807, 2.05) is 0 Å². The van der Waals surface area contributed by atoms with Gasteiger partial charge in [-0.25, -0.2) is 8.78 Å². The molecule has 2 rings (SSSR count). The van der Waals surface area contributed by atoms with E-state index in [1.165, 1.54) is 0 Å². The number of nitrogens with zero attached hydrogens (tertiary/aromatic N) is 2. The van der Waals surface area contributed by atoms with Gasteiger partial charge in [0.1, 0.15) is 11.6 Å². The number of rotatable bonds is 4. The van der Waals surface area contributed by atoms with Gasteiger partial charge in [0.25, 0.3) is 0 Å². The first kappa shape index (κ1) is 26.4. The summed E-state index contributed by atoms with van der Waals surface area (Å²) in [5, 5.41) is 29.4. The Bertz CT molecular complexity index is 831. The third-order valence-electron chi connectivity index (χ3n) is 2.62. The van der Waals surface area contributed by atoms with Crippen molar-refractivity contribution in [3.63, 3.8) is 0 Å². The van der Waals surface area contributed by atoms with Crippen molar-refractivity contribution in [3.05, 3.63) is 68.3 Å². The van der Waals surface area contributed by atoms with Gasteiger partial charge in [0.05, 0.1) is 16.0 Å². The molecule has 0 fully saturated rings. The van der Waals surface area contributed by atoms with Crippen LogP contribution in [0.15, 0.2) is 36.4 Å². The summed E-state index contributed by atoms with van der Waals surface area (Å²) in [5.41, 5.74) is -0.716. The lowest BCUT2D eigenvalue weighted by atomic mass is 10.3. The number of alkyl halides is 1. The van der Waals surface area contributed by atoms with Gasteiger partial charge in [-0.1, -0.05) is 36.4 Å². The van der Waals surface area contributed by atoms with Gasteiger partial charge in [-0.2, -0.15) is 0 Å². The molecule has 0 aliphatic rings. The Kier molecular flexibility index (Phi) is 11.7. The zero-order chi connectivity index (χ0) is 22.7. The summed E-state index contributed by atoms with van der Waals surface area (Å²) in [5.74, 6) is -1.95. The van der Waals surface area contributed by atoms with Crippen molar-refractivity contribution in [2.45, 2.75) is 37.7 Å². The fraction of sp³-hybridized carbons (Fsp3) is 0.333. The number of aromatic hydroxyl groups is 1. The van der Waals surface area contributed by atoms with E-state index in [4.69, 9.17) is 9.84 Å². The number of phenols is 1. The van der Waals surface area contributed by atoms with Crippen molar-refractivity contribution >= 4 is 34.0 Å². The molecule has 1 N–H and O–H groups in total. The molecule has 8 nitrogen and oxygen atoms in total. The number of nitro benzene ring substituents is 2. The van der Waals surface area contributed by atoms with Crippen LogP contribution in [0.5, 0.6) is 11.5 Å². The monoisotopic (exact) mass is 526 g/mol. The lowest BCUT2D eigenvalue weighted by molar-refractivity contribution is -0.386. The first-order chi connectivity index (χ1) is 13.3. The van der Waals surface area contributed by atoms with Crippen LogP contribution in [0, 0.1) is 31.9 Å². The van der Waals surface area contributed by atoms with E-state index in [0.29, 0.717) is 6.07 Å². The first-order valence-corrected chi connectivity index (χ1v) is 9.47. The highest BCUT2D eigenvalue weighted by atomic mass is 127. The van der Waals surface area contributed by atoms with Crippen LogP contribution in [0.4, 0.5) is 20.2 Å². The molecule has 0 amide bonds. The minimum Gasteiger partial charge on any atom is -0.502 e. The average molecular weight is 526 g/mol. The number of hydrogen-bond acceptors (Lipinski definition) is 6. The SMILES string of the molecule is CC(C)I.CC(C)Oc1cc(F)ccc1[N+](=O)[O-].O=[N+]([O-])c1ccc(F)cc1O. The summed E-state index contributed by atoms with van der Waals surface area (Å²) in [6, 6.07) is 5.65. The van der Waals surface area contributed by atoms with Gasteiger partial charge in [-0.15, -0.1) is 0 Å². The predicted molar refractivity (Wildman–Crippen MR) is 113 cm³/mol. The molecule has 0 unspecified atom stereocenters. The second-order valence-corrected chi connectivity index (χ2v) is 8.43. The van der Waals surface area contributed by atoms with E-state index in [2.05, 4.69) is 36.4 Å². The molecule has 29 heavy (non-hydrogen) atoms. The number of phenolic OH excluding ortho intramolecular Hbond substituents is 1. The highest BCUT2D eigenvalue weighted by Crippen LogP contribution is 2.28. The Labute approximate surface area is 179 Å². The Morgan fingerprint density at radius 3 is 1.72 bits per heavy atom. The van der Waals surface area contributed by atoms with Crippen molar-refractivity contribution in [1.29, 1.82) is 0 Å². The molecule has 0 heterocycles. The minimum absolute atomic E-state index is 0.0370. The van der Waals surface area contributed by atoms with E-state index in [1.54, 1.807) is 13.8 Å². The van der Waals surface area contributed by atoms with Gasteiger partial charge < -0.3 is 9.84 Å². The average Bonchev–Trinajstić information content (AvgIpc) is 2.53. The maximum Gasteiger partial charge on any atom is 0.311 e. The van der Waals surface area contributed by atoms with E-state index < -0.39 is 32.9 Å². The smallest absolute Gasteiger partial charge is 0.311 e. The number of benzene rings is 2. The van der Waals surface area contributed by atoms with Crippen molar-refractivity contribution in [1.82, 2.24) is 0 Å². The molecule has 0 aliphatic heterocycles. The summed E-state index contributed by atoms with van der Waals surface area (Å²) in [4.78, 5) is 19.2. The molecule has 11 heteroatoms. The molecule has 2 aromatic rings. The molecule has 0 spiro atoms. The number of nitro groups is 2. The second-order valence-electron chi connectivity index (χ2n) is 5.94. The summed E-state index contributed by atoms with van der Waals surface area (Å²) in [7, 11) is 0. The van der Waals surface area contributed by atoms with Crippen LogP contribution in [0.2, 0.25) is 0 Å². The van der Waals surface area contributed by atoms with Gasteiger partial charge in [0.2, 0.25) is 0 Å². The Balaban J connectivity index is 0.000000466. The van der Waals surface area contributed by atoms with Crippen LogP contribution in [0.25, 0.3) is 0 Å². The first-order valence-electron chi connectivity index (χ1n) is 8.22. The Morgan fingerprint density at radius 1 is 0.931 bits per heavy atom. The summed E-state index contributed by atoms with van der Waals surface area (Å²) >= 11 is 2.34. The van der Waals surface area contributed by atoms with Gasteiger partial charge in [0.15, 0.2) is 11.5 Å². The predicted octanol–water partition coefficient (Wildman–Crippen LogP) is 5.79. The highest BCUT2D eigenvalue weighted by Gasteiger charge is 2.16. The van der Waals surface area contributed by atoms with E-state index in [9.17, 15) is 29.0 Å².